The van der Waals surface area contributed by atoms with E-state index in [1.165, 1.54) is 35.7 Å². The number of esters is 1. The largest absolute Gasteiger partial charge is 0.482 e. The van der Waals surface area contributed by atoms with Gasteiger partial charge in [-0.3, -0.25) is 0 Å². The molecule has 0 N–H and O–H groups in total. The molecule has 2 aliphatic rings. The molecule has 2 aromatic carbocycles. The molecule has 0 bridgehead atoms. The van der Waals surface area contributed by atoms with Crippen molar-refractivity contribution < 1.29 is 14.3 Å². The molecule has 0 atom stereocenters. The smallest absolute Gasteiger partial charge is 0.345 e. The molecule has 148 valence electrons. The number of carbonyl (C=O) groups excluding carboxylic acids is 1. The molecule has 1 heterocycles. The van der Waals surface area contributed by atoms with E-state index in [2.05, 4.69) is 24.3 Å². The lowest BCUT2D eigenvalue weighted by Gasteiger charge is -2.29. The van der Waals surface area contributed by atoms with Crippen molar-refractivity contribution in [3.63, 3.8) is 0 Å². The van der Waals surface area contributed by atoms with Crippen LogP contribution in [0.3, 0.4) is 0 Å². The van der Waals surface area contributed by atoms with E-state index >= 15 is 0 Å². The van der Waals surface area contributed by atoms with Crippen LogP contribution in [0.5, 0.6) is 5.75 Å². The Bertz CT molecular complexity index is 760. The third-order valence-corrected chi connectivity index (χ3v) is 8.32. The van der Waals surface area contributed by atoms with Gasteiger partial charge >= 0.3 is 5.97 Å². The summed E-state index contributed by atoms with van der Waals surface area (Å²) in [5.41, 5.74) is 0.617. The van der Waals surface area contributed by atoms with Crippen molar-refractivity contribution in [2.24, 2.45) is 0 Å². The molecule has 2 aromatic rings. The summed E-state index contributed by atoms with van der Waals surface area (Å²) >= 11 is 0. The summed E-state index contributed by atoms with van der Waals surface area (Å²) in [5.74, 6) is 3.08. The van der Waals surface area contributed by atoms with Gasteiger partial charge in [0, 0.05) is 10.9 Å². The van der Waals surface area contributed by atoms with Gasteiger partial charge in [0.05, 0.1) is 0 Å². The zero-order valence-corrected chi connectivity index (χ0v) is 17.2. The molecule has 3 nitrogen and oxygen atoms in total. The summed E-state index contributed by atoms with van der Waals surface area (Å²) in [6.07, 6.45) is 8.02. The Morgan fingerprint density at radius 3 is 2.21 bits per heavy atom. The molecule has 1 saturated carbocycles. The fraction of sp³-hybridized carbons (Fsp3) is 0.458. The number of benzene rings is 2. The van der Waals surface area contributed by atoms with Crippen molar-refractivity contribution in [2.75, 3.05) is 18.1 Å². The lowest BCUT2D eigenvalue weighted by molar-refractivity contribution is -0.163. The maximum Gasteiger partial charge on any atom is 0.345 e. The number of ether oxygens (including phenoxy) is 2. The van der Waals surface area contributed by atoms with E-state index in [9.17, 15) is 4.79 Å². The third-order valence-electron chi connectivity index (χ3n) is 5.82. The Balaban J connectivity index is 1.33. The Hall–Kier alpha value is -1.94. The summed E-state index contributed by atoms with van der Waals surface area (Å²) in [7, 11) is 0.394. The Kier molecular flexibility index (Phi) is 6.26. The average molecular weight is 398 g/mol. The standard InChI is InChI=1S/C24H29O3S/c25-23(27-24(15-5-6-16-24)20-9-3-1-4-10-20)19-26-21-11-13-22(14-12-21)28-17-7-2-8-18-28/h1,3-4,9-14H,2,5-8,15-19H2/q+1. The fourth-order valence-electron chi connectivity index (χ4n) is 4.32. The predicted molar refractivity (Wildman–Crippen MR) is 114 cm³/mol. The highest BCUT2D eigenvalue weighted by Crippen LogP contribution is 2.42. The molecule has 28 heavy (non-hydrogen) atoms. The highest BCUT2D eigenvalue weighted by molar-refractivity contribution is 7.96. The molecule has 4 heteroatoms. The summed E-state index contributed by atoms with van der Waals surface area (Å²) < 4.78 is 11.7. The highest BCUT2D eigenvalue weighted by atomic mass is 32.2. The molecule has 0 spiro atoms. The Morgan fingerprint density at radius 1 is 0.857 bits per heavy atom. The van der Waals surface area contributed by atoms with Gasteiger partial charge < -0.3 is 9.47 Å². The summed E-state index contributed by atoms with van der Waals surface area (Å²) in [6, 6.07) is 18.4. The van der Waals surface area contributed by atoms with E-state index in [1.807, 2.05) is 30.3 Å². The van der Waals surface area contributed by atoms with Crippen molar-refractivity contribution in [3.8, 4) is 5.75 Å². The van der Waals surface area contributed by atoms with Crippen LogP contribution in [0, 0.1) is 0 Å². The van der Waals surface area contributed by atoms with Gasteiger partial charge in [0.1, 0.15) is 22.9 Å². The van der Waals surface area contributed by atoms with E-state index < -0.39 is 5.60 Å². The van der Waals surface area contributed by atoms with Crippen molar-refractivity contribution in [3.05, 3.63) is 60.2 Å². The zero-order valence-electron chi connectivity index (χ0n) is 16.4. The first-order valence-electron chi connectivity index (χ1n) is 10.4. The van der Waals surface area contributed by atoms with Gasteiger partial charge in [0.2, 0.25) is 0 Å². The number of hydrogen-bond acceptors (Lipinski definition) is 3. The van der Waals surface area contributed by atoms with Crippen molar-refractivity contribution in [2.45, 2.75) is 55.4 Å². The molecular weight excluding hydrogens is 368 g/mol. The lowest BCUT2D eigenvalue weighted by Crippen LogP contribution is -2.31. The molecule has 1 aliphatic heterocycles. The molecule has 1 aliphatic carbocycles. The highest BCUT2D eigenvalue weighted by Gasteiger charge is 2.39. The number of hydrogen-bond donors (Lipinski definition) is 0. The van der Waals surface area contributed by atoms with Crippen LogP contribution in [-0.4, -0.2) is 24.1 Å². The molecule has 0 unspecified atom stereocenters. The summed E-state index contributed by atoms with van der Waals surface area (Å²) in [4.78, 5) is 13.9. The van der Waals surface area contributed by atoms with Crippen LogP contribution in [0.15, 0.2) is 59.5 Å². The lowest BCUT2D eigenvalue weighted by atomic mass is 9.92. The summed E-state index contributed by atoms with van der Waals surface area (Å²) in [6.45, 7) is -0.0420. The van der Waals surface area contributed by atoms with E-state index in [1.54, 1.807) is 0 Å². The molecular formula is C24H29O3S+. The average Bonchev–Trinajstić information content (AvgIpc) is 3.23. The molecule has 1 saturated heterocycles. The Morgan fingerprint density at radius 2 is 1.54 bits per heavy atom. The topological polar surface area (TPSA) is 35.5 Å². The van der Waals surface area contributed by atoms with E-state index in [0.717, 1.165) is 37.0 Å². The van der Waals surface area contributed by atoms with Crippen molar-refractivity contribution in [1.29, 1.82) is 0 Å². The SMILES string of the molecule is O=C(COc1ccc([S+]2CCCCC2)cc1)OC1(c2ccccc2)CCCC1. The maximum atomic E-state index is 12.5. The van der Waals surface area contributed by atoms with Crippen LogP contribution in [0.25, 0.3) is 0 Å². The van der Waals surface area contributed by atoms with Gasteiger partial charge in [-0.15, -0.1) is 0 Å². The van der Waals surface area contributed by atoms with Crippen molar-refractivity contribution >= 4 is 16.9 Å². The van der Waals surface area contributed by atoms with Crippen LogP contribution in [0.4, 0.5) is 0 Å². The van der Waals surface area contributed by atoms with Gasteiger partial charge in [-0.2, -0.15) is 0 Å². The van der Waals surface area contributed by atoms with Gasteiger partial charge in [-0.1, -0.05) is 30.3 Å². The predicted octanol–water partition coefficient (Wildman–Crippen LogP) is 5.24. The first kappa shape index (κ1) is 19.4. The normalized spacial score (nSPS) is 19.3. The van der Waals surface area contributed by atoms with Gasteiger partial charge in [0.15, 0.2) is 11.5 Å². The maximum absolute atomic E-state index is 12.5. The van der Waals surface area contributed by atoms with Crippen LogP contribution >= 0.6 is 0 Å². The van der Waals surface area contributed by atoms with Crippen LogP contribution < -0.4 is 4.74 Å². The van der Waals surface area contributed by atoms with E-state index in [0.29, 0.717) is 10.9 Å². The van der Waals surface area contributed by atoms with Crippen LogP contribution in [0.2, 0.25) is 0 Å². The third kappa shape index (κ3) is 4.54. The molecule has 4 rings (SSSR count). The van der Waals surface area contributed by atoms with Crippen molar-refractivity contribution in [1.82, 2.24) is 0 Å². The van der Waals surface area contributed by atoms with Crippen LogP contribution in [0.1, 0.15) is 50.5 Å². The second-order valence-electron chi connectivity index (χ2n) is 7.76. The van der Waals surface area contributed by atoms with Gasteiger partial charge in [-0.05, 0) is 74.8 Å². The minimum atomic E-state index is -0.479. The number of rotatable bonds is 6. The second kappa shape index (κ2) is 9.04. The van der Waals surface area contributed by atoms with Crippen LogP contribution in [-0.2, 0) is 26.0 Å². The molecule has 0 radical (unpaired) electrons. The first-order valence-corrected chi connectivity index (χ1v) is 12.0. The minimum Gasteiger partial charge on any atom is -0.482 e. The first-order chi connectivity index (χ1) is 13.8. The van der Waals surface area contributed by atoms with E-state index in [-0.39, 0.29) is 12.6 Å². The van der Waals surface area contributed by atoms with Gasteiger partial charge in [-0.25, -0.2) is 4.79 Å². The Labute approximate surface area is 170 Å². The molecule has 0 amide bonds. The van der Waals surface area contributed by atoms with E-state index in [4.69, 9.17) is 9.47 Å². The van der Waals surface area contributed by atoms with Gasteiger partial charge in [0.25, 0.3) is 0 Å². The second-order valence-corrected chi connectivity index (χ2v) is 10.0. The summed E-state index contributed by atoms with van der Waals surface area (Å²) in [5, 5.41) is 0. The number of carbonyl (C=O) groups is 1. The zero-order chi connectivity index (χ0) is 19.2. The monoisotopic (exact) mass is 397 g/mol. The quantitative estimate of drug-likeness (QED) is 0.494. The minimum absolute atomic E-state index is 0.0420. The fourth-order valence-corrected chi connectivity index (χ4v) is 6.62. The molecule has 2 fully saturated rings. The molecule has 0 aromatic heterocycles.